The van der Waals surface area contributed by atoms with Gasteiger partial charge in [-0.25, -0.2) is 0 Å². The summed E-state index contributed by atoms with van der Waals surface area (Å²) in [4.78, 5) is 0. The summed E-state index contributed by atoms with van der Waals surface area (Å²) in [5.74, 6) is 1.93. The zero-order chi connectivity index (χ0) is 9.97. The average molecular weight is 196 g/mol. The van der Waals surface area contributed by atoms with Crippen LogP contribution in [0, 0.1) is 6.92 Å². The van der Waals surface area contributed by atoms with Gasteiger partial charge in [-0.05, 0) is 13.3 Å². The van der Waals surface area contributed by atoms with Crippen LogP contribution in [0.5, 0.6) is 0 Å². The highest BCUT2D eigenvalue weighted by Gasteiger charge is 2.15. The minimum Gasteiger partial charge on any atom is -0.380 e. The molecule has 5 nitrogen and oxygen atoms in total. The van der Waals surface area contributed by atoms with E-state index in [4.69, 9.17) is 4.74 Å². The second-order valence-electron chi connectivity index (χ2n) is 3.66. The Morgan fingerprint density at radius 2 is 2.43 bits per heavy atom. The molecular formula is C9H16N4O. The van der Waals surface area contributed by atoms with Gasteiger partial charge in [-0.3, -0.25) is 0 Å². The van der Waals surface area contributed by atoms with Crippen molar-refractivity contribution in [3.63, 3.8) is 0 Å². The number of nitrogens with zero attached hydrogens (tertiary/aromatic N) is 3. The lowest BCUT2D eigenvalue weighted by Crippen LogP contribution is -2.29. The van der Waals surface area contributed by atoms with Crippen molar-refractivity contribution >= 4 is 0 Å². The monoisotopic (exact) mass is 196 g/mol. The number of rotatable bonds is 3. The molecule has 14 heavy (non-hydrogen) atoms. The highest BCUT2D eigenvalue weighted by atomic mass is 16.5. The number of aryl methyl sites for hydroxylation is 1. The topological polar surface area (TPSA) is 52.0 Å². The summed E-state index contributed by atoms with van der Waals surface area (Å²) < 4.78 is 7.28. The molecule has 1 fully saturated rings. The number of ether oxygens (including phenoxy) is 1. The van der Waals surface area contributed by atoms with Crippen LogP contribution in [0.1, 0.15) is 18.1 Å². The van der Waals surface area contributed by atoms with Gasteiger partial charge in [-0.15, -0.1) is 10.2 Å². The molecule has 0 aromatic carbocycles. The van der Waals surface area contributed by atoms with Crippen LogP contribution in [-0.4, -0.2) is 34.0 Å². The average Bonchev–Trinajstić information content (AvgIpc) is 2.77. The van der Waals surface area contributed by atoms with Gasteiger partial charge in [-0.2, -0.15) is 0 Å². The van der Waals surface area contributed by atoms with E-state index in [1.165, 1.54) is 0 Å². The van der Waals surface area contributed by atoms with Crippen LogP contribution >= 0.6 is 0 Å². The standard InChI is InChI=1S/C9H16N4O/c1-7-11-12-9(13(7)2)5-10-8-3-4-14-6-8/h8,10H,3-6H2,1-2H3. The van der Waals surface area contributed by atoms with Gasteiger partial charge in [0.25, 0.3) is 0 Å². The Kier molecular flexibility index (Phi) is 2.79. The number of hydrogen-bond donors (Lipinski definition) is 1. The molecule has 1 aromatic heterocycles. The van der Waals surface area contributed by atoms with E-state index < -0.39 is 0 Å². The number of aromatic nitrogens is 3. The molecule has 1 aromatic rings. The van der Waals surface area contributed by atoms with Crippen molar-refractivity contribution in [1.82, 2.24) is 20.1 Å². The van der Waals surface area contributed by atoms with Gasteiger partial charge in [0.15, 0.2) is 0 Å². The smallest absolute Gasteiger partial charge is 0.146 e. The highest BCUT2D eigenvalue weighted by molar-refractivity contribution is 4.92. The van der Waals surface area contributed by atoms with Crippen molar-refractivity contribution in [2.24, 2.45) is 7.05 Å². The Bertz CT molecular complexity index is 304. The molecule has 0 saturated carbocycles. The fraction of sp³-hybridized carbons (Fsp3) is 0.778. The normalized spacial score (nSPS) is 21.7. The van der Waals surface area contributed by atoms with E-state index in [0.29, 0.717) is 6.04 Å². The van der Waals surface area contributed by atoms with Gasteiger partial charge >= 0.3 is 0 Å². The summed E-state index contributed by atoms with van der Waals surface area (Å²) in [5.41, 5.74) is 0. The second-order valence-corrected chi connectivity index (χ2v) is 3.66. The fourth-order valence-electron chi connectivity index (χ4n) is 1.54. The summed E-state index contributed by atoms with van der Waals surface area (Å²) >= 11 is 0. The molecule has 0 aliphatic carbocycles. The first-order valence-electron chi connectivity index (χ1n) is 4.93. The van der Waals surface area contributed by atoms with Crippen LogP contribution in [-0.2, 0) is 18.3 Å². The molecule has 2 rings (SSSR count). The Morgan fingerprint density at radius 3 is 3.00 bits per heavy atom. The minimum atomic E-state index is 0.479. The Hall–Kier alpha value is -0.940. The van der Waals surface area contributed by atoms with E-state index in [1.807, 2.05) is 18.5 Å². The quantitative estimate of drug-likeness (QED) is 0.739. The summed E-state index contributed by atoms with van der Waals surface area (Å²) in [6.45, 7) is 4.41. The van der Waals surface area contributed by atoms with Gasteiger partial charge in [-0.1, -0.05) is 0 Å². The first kappa shape index (κ1) is 9.61. The van der Waals surface area contributed by atoms with Gasteiger partial charge in [0.2, 0.25) is 0 Å². The molecule has 0 radical (unpaired) electrons. The predicted molar refractivity (Wildman–Crippen MR) is 51.8 cm³/mol. The van der Waals surface area contributed by atoms with Crippen LogP contribution < -0.4 is 5.32 Å². The van der Waals surface area contributed by atoms with Gasteiger partial charge < -0.3 is 14.6 Å². The van der Waals surface area contributed by atoms with E-state index in [0.717, 1.165) is 37.8 Å². The van der Waals surface area contributed by atoms with Crippen molar-refractivity contribution in [3.8, 4) is 0 Å². The molecular weight excluding hydrogens is 180 g/mol. The Morgan fingerprint density at radius 1 is 1.57 bits per heavy atom. The maximum atomic E-state index is 5.28. The van der Waals surface area contributed by atoms with E-state index in [2.05, 4.69) is 15.5 Å². The van der Waals surface area contributed by atoms with E-state index in [-0.39, 0.29) is 0 Å². The van der Waals surface area contributed by atoms with Crippen molar-refractivity contribution in [2.45, 2.75) is 25.9 Å². The lowest BCUT2D eigenvalue weighted by Gasteiger charge is -2.09. The van der Waals surface area contributed by atoms with Crippen LogP contribution in [0.25, 0.3) is 0 Å². The minimum absolute atomic E-state index is 0.479. The SMILES string of the molecule is Cc1nnc(CNC2CCOC2)n1C. The molecule has 1 atom stereocenters. The first-order chi connectivity index (χ1) is 6.77. The van der Waals surface area contributed by atoms with Gasteiger partial charge in [0, 0.05) is 19.7 Å². The summed E-state index contributed by atoms with van der Waals surface area (Å²) in [5, 5.41) is 11.5. The third-order valence-electron chi connectivity index (χ3n) is 2.66. The van der Waals surface area contributed by atoms with Crippen molar-refractivity contribution in [1.29, 1.82) is 0 Å². The Labute approximate surface area is 83.5 Å². The van der Waals surface area contributed by atoms with Crippen molar-refractivity contribution in [3.05, 3.63) is 11.6 Å². The van der Waals surface area contributed by atoms with Crippen molar-refractivity contribution < 1.29 is 4.74 Å². The first-order valence-corrected chi connectivity index (χ1v) is 4.93. The van der Waals surface area contributed by atoms with Crippen LogP contribution in [0.3, 0.4) is 0 Å². The molecule has 2 heterocycles. The molecule has 1 saturated heterocycles. The predicted octanol–water partition coefficient (Wildman–Crippen LogP) is 0.00202. The lowest BCUT2D eigenvalue weighted by atomic mass is 10.2. The Balaban J connectivity index is 1.88. The van der Waals surface area contributed by atoms with E-state index in [1.54, 1.807) is 0 Å². The molecule has 78 valence electrons. The largest absolute Gasteiger partial charge is 0.380 e. The zero-order valence-corrected chi connectivity index (χ0v) is 8.66. The number of nitrogens with one attached hydrogen (secondary N) is 1. The second kappa shape index (κ2) is 4.06. The van der Waals surface area contributed by atoms with Gasteiger partial charge in [0.05, 0.1) is 13.2 Å². The molecule has 1 aliphatic rings. The zero-order valence-electron chi connectivity index (χ0n) is 8.66. The van der Waals surface area contributed by atoms with Gasteiger partial charge in [0.1, 0.15) is 11.6 Å². The molecule has 0 spiro atoms. The molecule has 1 N–H and O–H groups in total. The molecule has 0 bridgehead atoms. The van der Waals surface area contributed by atoms with Crippen molar-refractivity contribution in [2.75, 3.05) is 13.2 Å². The molecule has 1 unspecified atom stereocenters. The molecule has 1 aliphatic heterocycles. The summed E-state index contributed by atoms with van der Waals surface area (Å²) in [6.07, 6.45) is 1.09. The maximum Gasteiger partial charge on any atom is 0.146 e. The molecule has 0 amide bonds. The summed E-state index contributed by atoms with van der Waals surface area (Å²) in [6, 6.07) is 0.479. The van der Waals surface area contributed by atoms with Crippen LogP contribution in [0.4, 0.5) is 0 Å². The lowest BCUT2D eigenvalue weighted by molar-refractivity contribution is 0.189. The third-order valence-corrected chi connectivity index (χ3v) is 2.66. The summed E-state index contributed by atoms with van der Waals surface area (Å²) in [7, 11) is 1.98. The fourth-order valence-corrected chi connectivity index (χ4v) is 1.54. The molecule has 5 heteroatoms. The highest BCUT2D eigenvalue weighted by Crippen LogP contribution is 2.04. The van der Waals surface area contributed by atoms with Crippen LogP contribution in [0.15, 0.2) is 0 Å². The third kappa shape index (κ3) is 1.93. The van der Waals surface area contributed by atoms with E-state index >= 15 is 0 Å². The van der Waals surface area contributed by atoms with Crippen LogP contribution in [0.2, 0.25) is 0 Å². The van der Waals surface area contributed by atoms with E-state index in [9.17, 15) is 0 Å². The maximum absolute atomic E-state index is 5.28. The number of hydrogen-bond acceptors (Lipinski definition) is 4.